The fourth-order valence-corrected chi connectivity index (χ4v) is 2.96. The SMILES string of the molecule is C=C(C)c1ccc2c(c1)CC(c1ccc(C)cc1)C2. The monoisotopic (exact) mass is 248 g/mol. The van der Waals surface area contributed by atoms with E-state index >= 15 is 0 Å². The van der Waals surface area contributed by atoms with Crippen molar-refractivity contribution in [1.29, 1.82) is 0 Å². The Morgan fingerprint density at radius 3 is 2.37 bits per heavy atom. The predicted octanol–water partition coefficient (Wildman–Crippen LogP) is 4.91. The van der Waals surface area contributed by atoms with Crippen LogP contribution in [0.2, 0.25) is 0 Å². The molecule has 1 atom stereocenters. The molecule has 0 N–H and O–H groups in total. The van der Waals surface area contributed by atoms with Gasteiger partial charge in [0.25, 0.3) is 0 Å². The third-order valence-corrected chi connectivity index (χ3v) is 4.18. The van der Waals surface area contributed by atoms with Gasteiger partial charge in [-0.2, -0.15) is 0 Å². The summed E-state index contributed by atoms with van der Waals surface area (Å²) in [5.74, 6) is 0.649. The van der Waals surface area contributed by atoms with E-state index in [2.05, 4.69) is 62.9 Å². The smallest absolute Gasteiger partial charge is 0.00808 e. The van der Waals surface area contributed by atoms with E-state index < -0.39 is 0 Å². The van der Waals surface area contributed by atoms with E-state index in [4.69, 9.17) is 0 Å². The second-order valence-corrected chi connectivity index (χ2v) is 5.78. The zero-order valence-electron chi connectivity index (χ0n) is 11.7. The molecule has 2 aromatic rings. The topological polar surface area (TPSA) is 0 Å². The molecule has 0 aliphatic heterocycles. The van der Waals surface area contributed by atoms with Crippen molar-refractivity contribution in [1.82, 2.24) is 0 Å². The molecular weight excluding hydrogens is 228 g/mol. The summed E-state index contributed by atoms with van der Waals surface area (Å²) in [6.07, 6.45) is 2.34. The Morgan fingerprint density at radius 2 is 1.68 bits per heavy atom. The Morgan fingerprint density at radius 1 is 1.00 bits per heavy atom. The molecule has 0 nitrogen and oxygen atoms in total. The third-order valence-electron chi connectivity index (χ3n) is 4.18. The summed E-state index contributed by atoms with van der Waals surface area (Å²) in [7, 11) is 0. The first-order valence-corrected chi connectivity index (χ1v) is 6.98. The van der Waals surface area contributed by atoms with Crippen LogP contribution in [-0.2, 0) is 12.8 Å². The van der Waals surface area contributed by atoms with Crippen LogP contribution < -0.4 is 0 Å². The number of rotatable bonds is 2. The fourth-order valence-electron chi connectivity index (χ4n) is 2.96. The quantitative estimate of drug-likeness (QED) is 0.708. The van der Waals surface area contributed by atoms with Crippen molar-refractivity contribution in [2.24, 2.45) is 0 Å². The van der Waals surface area contributed by atoms with Gasteiger partial charge in [-0.1, -0.05) is 60.2 Å². The second-order valence-electron chi connectivity index (χ2n) is 5.78. The molecule has 1 aliphatic carbocycles. The highest BCUT2D eigenvalue weighted by atomic mass is 14.3. The molecule has 0 heteroatoms. The third kappa shape index (κ3) is 2.35. The Bertz CT molecular complexity index is 617. The number of benzene rings is 2. The molecule has 0 spiro atoms. The first-order chi connectivity index (χ1) is 9.13. The van der Waals surface area contributed by atoms with Gasteiger partial charge in [-0.25, -0.2) is 0 Å². The van der Waals surface area contributed by atoms with E-state index in [1.807, 2.05) is 0 Å². The van der Waals surface area contributed by atoms with Crippen LogP contribution in [0.1, 0.15) is 40.7 Å². The molecule has 0 saturated carbocycles. The number of aryl methyl sites for hydroxylation is 1. The van der Waals surface area contributed by atoms with Crippen LogP contribution in [0.25, 0.3) is 5.57 Å². The minimum absolute atomic E-state index is 0.649. The lowest BCUT2D eigenvalue weighted by molar-refractivity contribution is 0.741. The Kier molecular flexibility index (Phi) is 3.02. The van der Waals surface area contributed by atoms with Crippen molar-refractivity contribution in [2.45, 2.75) is 32.6 Å². The van der Waals surface area contributed by atoms with Crippen LogP contribution in [0, 0.1) is 6.92 Å². The van der Waals surface area contributed by atoms with Gasteiger partial charge in [0, 0.05) is 0 Å². The van der Waals surface area contributed by atoms with Gasteiger partial charge in [0.2, 0.25) is 0 Å². The van der Waals surface area contributed by atoms with Crippen molar-refractivity contribution in [3.63, 3.8) is 0 Å². The lowest BCUT2D eigenvalue weighted by Gasteiger charge is -2.09. The maximum Gasteiger partial charge on any atom is -0.00808 e. The molecule has 0 bridgehead atoms. The molecule has 96 valence electrons. The molecule has 2 aromatic carbocycles. The molecular formula is C19H20. The summed E-state index contributed by atoms with van der Waals surface area (Å²) in [5, 5.41) is 0. The highest BCUT2D eigenvalue weighted by molar-refractivity contribution is 5.63. The van der Waals surface area contributed by atoms with Crippen LogP contribution >= 0.6 is 0 Å². The Labute approximate surface area is 115 Å². The highest BCUT2D eigenvalue weighted by Gasteiger charge is 2.22. The highest BCUT2D eigenvalue weighted by Crippen LogP contribution is 2.35. The minimum atomic E-state index is 0.649. The van der Waals surface area contributed by atoms with Crippen molar-refractivity contribution in [3.8, 4) is 0 Å². The van der Waals surface area contributed by atoms with Gasteiger partial charge in [0.15, 0.2) is 0 Å². The van der Waals surface area contributed by atoms with Gasteiger partial charge < -0.3 is 0 Å². The number of hydrogen-bond donors (Lipinski definition) is 0. The average Bonchev–Trinajstić information content (AvgIpc) is 2.82. The molecule has 0 heterocycles. The van der Waals surface area contributed by atoms with E-state index in [9.17, 15) is 0 Å². The molecule has 1 unspecified atom stereocenters. The molecule has 0 amide bonds. The summed E-state index contributed by atoms with van der Waals surface area (Å²) >= 11 is 0. The van der Waals surface area contributed by atoms with Gasteiger partial charge in [0.1, 0.15) is 0 Å². The van der Waals surface area contributed by atoms with Gasteiger partial charge in [-0.3, -0.25) is 0 Å². The van der Waals surface area contributed by atoms with Crippen LogP contribution in [-0.4, -0.2) is 0 Å². The standard InChI is InChI=1S/C19H20/c1-13(2)16-8-9-17-11-18(12-19(17)10-16)15-6-4-14(3)5-7-15/h4-10,18H,1,11-12H2,2-3H3. The minimum Gasteiger partial charge on any atom is -0.0955 e. The largest absolute Gasteiger partial charge is 0.0955 e. The molecule has 1 aliphatic rings. The molecule has 3 rings (SSSR count). The van der Waals surface area contributed by atoms with Crippen molar-refractivity contribution >= 4 is 5.57 Å². The lowest BCUT2D eigenvalue weighted by atomic mass is 9.95. The molecule has 0 aromatic heterocycles. The van der Waals surface area contributed by atoms with E-state index in [0.717, 1.165) is 5.57 Å². The molecule has 0 radical (unpaired) electrons. The van der Waals surface area contributed by atoms with Gasteiger partial charge >= 0.3 is 0 Å². The van der Waals surface area contributed by atoms with E-state index in [-0.39, 0.29) is 0 Å². The summed E-state index contributed by atoms with van der Waals surface area (Å²) < 4.78 is 0. The van der Waals surface area contributed by atoms with E-state index in [1.165, 1.54) is 40.7 Å². The number of hydrogen-bond acceptors (Lipinski definition) is 0. The fraction of sp³-hybridized carbons (Fsp3) is 0.263. The van der Waals surface area contributed by atoms with Gasteiger partial charge in [0.05, 0.1) is 0 Å². The Hall–Kier alpha value is -1.82. The zero-order chi connectivity index (χ0) is 13.4. The summed E-state index contributed by atoms with van der Waals surface area (Å²) in [6.45, 7) is 8.26. The summed E-state index contributed by atoms with van der Waals surface area (Å²) in [5.41, 5.74) is 8.26. The Balaban J connectivity index is 1.87. The first kappa shape index (κ1) is 12.2. The van der Waals surface area contributed by atoms with E-state index in [1.54, 1.807) is 0 Å². The second kappa shape index (κ2) is 4.70. The van der Waals surface area contributed by atoms with Crippen molar-refractivity contribution in [2.75, 3.05) is 0 Å². The van der Waals surface area contributed by atoms with Crippen LogP contribution in [0.5, 0.6) is 0 Å². The average molecular weight is 248 g/mol. The van der Waals surface area contributed by atoms with Crippen molar-refractivity contribution < 1.29 is 0 Å². The summed E-state index contributed by atoms with van der Waals surface area (Å²) in [6, 6.07) is 15.8. The van der Waals surface area contributed by atoms with Gasteiger partial charge in [-0.15, -0.1) is 0 Å². The molecule has 0 saturated heterocycles. The molecule has 0 fully saturated rings. The lowest BCUT2D eigenvalue weighted by Crippen LogP contribution is -1.97. The van der Waals surface area contributed by atoms with Gasteiger partial charge in [-0.05, 0) is 54.9 Å². The maximum atomic E-state index is 4.04. The molecule has 19 heavy (non-hydrogen) atoms. The maximum absolute atomic E-state index is 4.04. The number of allylic oxidation sites excluding steroid dienone is 1. The first-order valence-electron chi connectivity index (χ1n) is 6.98. The predicted molar refractivity (Wildman–Crippen MR) is 82.5 cm³/mol. The van der Waals surface area contributed by atoms with Crippen molar-refractivity contribution in [3.05, 3.63) is 76.9 Å². The number of fused-ring (bicyclic) bond motifs is 1. The zero-order valence-corrected chi connectivity index (χ0v) is 11.7. The van der Waals surface area contributed by atoms with E-state index in [0.29, 0.717) is 5.92 Å². The summed E-state index contributed by atoms with van der Waals surface area (Å²) in [4.78, 5) is 0. The van der Waals surface area contributed by atoms with Crippen LogP contribution in [0.15, 0.2) is 49.0 Å². The normalized spacial score (nSPS) is 17.3. The van der Waals surface area contributed by atoms with Crippen LogP contribution in [0.4, 0.5) is 0 Å². The van der Waals surface area contributed by atoms with Crippen LogP contribution in [0.3, 0.4) is 0 Å².